The molecule has 1 heterocycles. The molecule has 0 aliphatic carbocycles. The summed E-state index contributed by atoms with van der Waals surface area (Å²) in [6.07, 6.45) is 0. The molecule has 1 aromatic heterocycles. The summed E-state index contributed by atoms with van der Waals surface area (Å²) in [7, 11) is 0. The van der Waals surface area contributed by atoms with Crippen LogP contribution in [-0.4, -0.2) is 27.6 Å². The van der Waals surface area contributed by atoms with Crippen molar-refractivity contribution in [2.24, 2.45) is 0 Å². The fourth-order valence-corrected chi connectivity index (χ4v) is 1.63. The van der Waals surface area contributed by atoms with E-state index in [1.54, 1.807) is 12.1 Å². The van der Waals surface area contributed by atoms with Gasteiger partial charge in [0.2, 0.25) is 0 Å². The van der Waals surface area contributed by atoms with Crippen LogP contribution in [0, 0.1) is 0 Å². The minimum atomic E-state index is -0.0823. The average molecular weight is 232 g/mol. The van der Waals surface area contributed by atoms with Gasteiger partial charge in [-0.25, -0.2) is 4.68 Å². The average Bonchev–Trinajstić information content (AvgIpc) is 2.32. The van der Waals surface area contributed by atoms with Gasteiger partial charge in [0.1, 0.15) is 5.52 Å². The molecule has 0 saturated carbocycles. The van der Waals surface area contributed by atoms with Crippen LogP contribution in [0.15, 0.2) is 29.1 Å². The Kier molecular flexibility index (Phi) is 3.49. The fourth-order valence-electron chi connectivity index (χ4n) is 1.63. The Labute approximate surface area is 99.5 Å². The Balaban J connectivity index is 2.24. The molecule has 2 aromatic rings. The van der Waals surface area contributed by atoms with Gasteiger partial charge in [0.25, 0.3) is 5.56 Å². The summed E-state index contributed by atoms with van der Waals surface area (Å²) in [6.45, 7) is 5.38. The zero-order chi connectivity index (χ0) is 12.3. The van der Waals surface area contributed by atoms with E-state index in [1.165, 1.54) is 4.68 Å². The topological polar surface area (TPSA) is 59.8 Å². The van der Waals surface area contributed by atoms with Crippen molar-refractivity contribution >= 4 is 10.9 Å². The quantitative estimate of drug-likeness (QED) is 0.846. The lowest BCUT2D eigenvalue weighted by atomic mass is 10.2. The van der Waals surface area contributed by atoms with Crippen LogP contribution < -0.4 is 10.9 Å². The number of hydrogen-bond acceptors (Lipinski definition) is 4. The Hall–Kier alpha value is -1.75. The maximum Gasteiger partial charge on any atom is 0.277 e. The smallest absolute Gasteiger partial charge is 0.277 e. The second kappa shape index (κ2) is 5.05. The summed E-state index contributed by atoms with van der Waals surface area (Å²) in [4.78, 5) is 12.0. The van der Waals surface area contributed by atoms with Gasteiger partial charge in [-0.3, -0.25) is 4.79 Å². The first-order chi connectivity index (χ1) is 8.18. The summed E-state index contributed by atoms with van der Waals surface area (Å²) in [5.74, 6) is 0. The molecule has 90 valence electrons. The highest BCUT2D eigenvalue weighted by molar-refractivity contribution is 5.76. The van der Waals surface area contributed by atoms with Gasteiger partial charge in [-0.05, 0) is 12.1 Å². The van der Waals surface area contributed by atoms with Crippen LogP contribution in [0.1, 0.15) is 13.8 Å². The van der Waals surface area contributed by atoms with Gasteiger partial charge < -0.3 is 5.32 Å². The number of aromatic nitrogens is 3. The fraction of sp³-hybridized carbons (Fsp3) is 0.417. The van der Waals surface area contributed by atoms with Crippen LogP contribution in [0.5, 0.6) is 0 Å². The van der Waals surface area contributed by atoms with Crippen molar-refractivity contribution in [3.05, 3.63) is 34.6 Å². The van der Waals surface area contributed by atoms with E-state index in [2.05, 4.69) is 29.5 Å². The number of rotatable bonds is 4. The Morgan fingerprint density at radius 2 is 2.12 bits per heavy atom. The van der Waals surface area contributed by atoms with Crippen molar-refractivity contribution in [2.45, 2.75) is 26.4 Å². The number of nitrogens with zero attached hydrogens (tertiary/aromatic N) is 3. The third-order valence-corrected chi connectivity index (χ3v) is 2.51. The first-order valence-electron chi connectivity index (χ1n) is 5.74. The van der Waals surface area contributed by atoms with E-state index >= 15 is 0 Å². The second-order valence-corrected chi connectivity index (χ2v) is 4.24. The molecule has 0 bridgehead atoms. The van der Waals surface area contributed by atoms with Crippen LogP contribution in [0.2, 0.25) is 0 Å². The predicted molar refractivity (Wildman–Crippen MR) is 66.9 cm³/mol. The van der Waals surface area contributed by atoms with Gasteiger partial charge in [0.15, 0.2) is 0 Å². The van der Waals surface area contributed by atoms with E-state index in [0.29, 0.717) is 30.0 Å². The maximum absolute atomic E-state index is 12.0. The lowest BCUT2D eigenvalue weighted by Crippen LogP contribution is -2.32. The maximum atomic E-state index is 12.0. The van der Waals surface area contributed by atoms with Crippen molar-refractivity contribution in [1.82, 2.24) is 20.3 Å². The molecule has 0 amide bonds. The lowest BCUT2D eigenvalue weighted by molar-refractivity contribution is 0.487. The van der Waals surface area contributed by atoms with Crippen molar-refractivity contribution < 1.29 is 0 Å². The highest BCUT2D eigenvalue weighted by atomic mass is 16.1. The van der Waals surface area contributed by atoms with Gasteiger partial charge in [0, 0.05) is 12.6 Å². The van der Waals surface area contributed by atoms with Crippen LogP contribution >= 0.6 is 0 Å². The van der Waals surface area contributed by atoms with E-state index in [1.807, 2.05) is 12.1 Å². The van der Waals surface area contributed by atoms with Crippen molar-refractivity contribution in [3.8, 4) is 0 Å². The predicted octanol–water partition coefficient (Wildman–Crippen LogP) is 0.789. The SMILES string of the molecule is CC(C)NCCn1nnc2ccccc2c1=O. The second-order valence-electron chi connectivity index (χ2n) is 4.24. The first-order valence-corrected chi connectivity index (χ1v) is 5.74. The molecule has 2 rings (SSSR count). The molecule has 17 heavy (non-hydrogen) atoms. The monoisotopic (exact) mass is 232 g/mol. The van der Waals surface area contributed by atoms with E-state index in [9.17, 15) is 4.79 Å². The largest absolute Gasteiger partial charge is 0.313 e. The molecular formula is C12H16N4O. The number of benzene rings is 1. The summed E-state index contributed by atoms with van der Waals surface area (Å²) in [6, 6.07) is 7.65. The van der Waals surface area contributed by atoms with Crippen LogP contribution in [-0.2, 0) is 6.54 Å². The molecule has 5 heteroatoms. The standard InChI is InChI=1S/C12H16N4O/c1-9(2)13-7-8-16-12(17)10-5-3-4-6-11(10)14-15-16/h3-6,9,13H,7-8H2,1-2H3. The number of nitrogens with one attached hydrogen (secondary N) is 1. The van der Waals surface area contributed by atoms with Crippen LogP contribution in [0.25, 0.3) is 10.9 Å². The molecule has 0 aliphatic rings. The summed E-state index contributed by atoms with van der Waals surface area (Å²) < 4.78 is 1.40. The molecule has 1 N–H and O–H groups in total. The summed E-state index contributed by atoms with van der Waals surface area (Å²) in [5, 5.41) is 11.8. The van der Waals surface area contributed by atoms with Gasteiger partial charge in [-0.1, -0.05) is 31.2 Å². The molecule has 0 saturated heterocycles. The zero-order valence-corrected chi connectivity index (χ0v) is 10.1. The van der Waals surface area contributed by atoms with Gasteiger partial charge >= 0.3 is 0 Å². The van der Waals surface area contributed by atoms with Crippen molar-refractivity contribution in [3.63, 3.8) is 0 Å². The number of fused-ring (bicyclic) bond motifs is 1. The van der Waals surface area contributed by atoms with Gasteiger partial charge in [-0.2, -0.15) is 0 Å². The third-order valence-electron chi connectivity index (χ3n) is 2.51. The Bertz CT molecular complexity index is 562. The van der Waals surface area contributed by atoms with Crippen molar-refractivity contribution in [2.75, 3.05) is 6.54 Å². The van der Waals surface area contributed by atoms with Gasteiger partial charge in [0.05, 0.1) is 11.9 Å². The van der Waals surface area contributed by atoms with Gasteiger partial charge in [-0.15, -0.1) is 5.10 Å². The molecule has 0 radical (unpaired) electrons. The van der Waals surface area contributed by atoms with Crippen LogP contribution in [0.4, 0.5) is 0 Å². The summed E-state index contributed by atoms with van der Waals surface area (Å²) >= 11 is 0. The zero-order valence-electron chi connectivity index (χ0n) is 10.1. The lowest BCUT2D eigenvalue weighted by Gasteiger charge is -2.08. The highest BCUT2D eigenvalue weighted by Gasteiger charge is 2.04. The van der Waals surface area contributed by atoms with E-state index < -0.39 is 0 Å². The van der Waals surface area contributed by atoms with Crippen LogP contribution in [0.3, 0.4) is 0 Å². The minimum Gasteiger partial charge on any atom is -0.313 e. The molecule has 1 aromatic carbocycles. The Morgan fingerprint density at radius 1 is 1.35 bits per heavy atom. The summed E-state index contributed by atoms with van der Waals surface area (Å²) in [5.41, 5.74) is 0.562. The normalized spacial score (nSPS) is 11.2. The molecule has 0 fully saturated rings. The van der Waals surface area contributed by atoms with E-state index in [-0.39, 0.29) is 5.56 Å². The highest BCUT2D eigenvalue weighted by Crippen LogP contribution is 2.02. The molecule has 0 unspecified atom stereocenters. The number of hydrogen-bond donors (Lipinski definition) is 1. The minimum absolute atomic E-state index is 0.0823. The molecule has 0 atom stereocenters. The molecule has 0 spiro atoms. The molecular weight excluding hydrogens is 216 g/mol. The van der Waals surface area contributed by atoms with Crippen molar-refractivity contribution in [1.29, 1.82) is 0 Å². The van der Waals surface area contributed by atoms with E-state index in [4.69, 9.17) is 0 Å². The molecule has 0 aliphatic heterocycles. The third kappa shape index (κ3) is 2.68. The van der Waals surface area contributed by atoms with E-state index in [0.717, 1.165) is 0 Å². The molecule has 5 nitrogen and oxygen atoms in total. The Morgan fingerprint density at radius 3 is 2.88 bits per heavy atom. The first kappa shape index (κ1) is 11.7.